The standard InChI is InChI=1S/C20H20N2O4S/c1-24-16-5-3-15(4-6-16)22(20-21-8-11-27-20)13-17(23)14-2-7-18-19(12-14)26-10-9-25-18/h2-7,12H,8-11,13H2,1H3. The lowest BCUT2D eigenvalue weighted by molar-refractivity contribution is 0.100. The number of carbonyl (C=O) groups excluding carboxylic acids is 1. The van der Waals surface area contributed by atoms with Crippen LogP contribution in [-0.2, 0) is 0 Å². The van der Waals surface area contributed by atoms with Crippen molar-refractivity contribution < 1.29 is 19.0 Å². The summed E-state index contributed by atoms with van der Waals surface area (Å²) in [5, 5.41) is 0.867. The summed E-state index contributed by atoms with van der Waals surface area (Å²) < 4.78 is 16.4. The fourth-order valence-corrected chi connectivity index (χ4v) is 3.84. The number of methoxy groups -OCH3 is 1. The Morgan fingerprint density at radius 3 is 2.63 bits per heavy atom. The number of benzene rings is 2. The summed E-state index contributed by atoms with van der Waals surface area (Å²) in [6.07, 6.45) is 0. The predicted octanol–water partition coefficient (Wildman–Crippen LogP) is 3.26. The van der Waals surface area contributed by atoms with Crippen molar-refractivity contribution in [2.45, 2.75) is 0 Å². The molecule has 2 aliphatic rings. The maximum absolute atomic E-state index is 13.0. The number of hydrogen-bond donors (Lipinski definition) is 0. The topological polar surface area (TPSA) is 60.4 Å². The molecule has 0 bridgehead atoms. The van der Waals surface area contributed by atoms with Gasteiger partial charge in [0.25, 0.3) is 0 Å². The lowest BCUT2D eigenvalue weighted by Gasteiger charge is -2.24. The van der Waals surface area contributed by atoms with Crippen molar-refractivity contribution in [3.63, 3.8) is 0 Å². The predicted molar refractivity (Wildman–Crippen MR) is 107 cm³/mol. The van der Waals surface area contributed by atoms with Gasteiger partial charge < -0.3 is 19.1 Å². The number of thioether (sulfide) groups is 1. The highest BCUT2D eigenvalue weighted by molar-refractivity contribution is 8.14. The lowest BCUT2D eigenvalue weighted by Crippen LogP contribution is -2.33. The van der Waals surface area contributed by atoms with Gasteiger partial charge in [-0.2, -0.15) is 0 Å². The molecule has 0 fully saturated rings. The van der Waals surface area contributed by atoms with E-state index in [1.807, 2.05) is 29.2 Å². The van der Waals surface area contributed by atoms with Gasteiger partial charge in [0.2, 0.25) is 0 Å². The Kier molecular flexibility index (Phi) is 5.20. The maximum Gasteiger partial charge on any atom is 0.182 e. The van der Waals surface area contributed by atoms with Gasteiger partial charge >= 0.3 is 0 Å². The van der Waals surface area contributed by atoms with E-state index in [1.54, 1.807) is 37.1 Å². The third-order valence-electron chi connectivity index (χ3n) is 4.35. The Balaban J connectivity index is 1.58. The molecule has 2 aromatic rings. The molecule has 0 amide bonds. The first-order valence-corrected chi connectivity index (χ1v) is 9.75. The largest absolute Gasteiger partial charge is 0.497 e. The van der Waals surface area contributed by atoms with Crippen LogP contribution >= 0.6 is 11.8 Å². The smallest absolute Gasteiger partial charge is 0.182 e. The molecular weight excluding hydrogens is 364 g/mol. The van der Waals surface area contributed by atoms with Gasteiger partial charge in [0.1, 0.15) is 19.0 Å². The minimum Gasteiger partial charge on any atom is -0.497 e. The average Bonchev–Trinajstić information content (AvgIpc) is 3.26. The van der Waals surface area contributed by atoms with E-state index in [0.717, 1.165) is 28.9 Å². The maximum atomic E-state index is 13.0. The number of carbonyl (C=O) groups is 1. The van der Waals surface area contributed by atoms with Gasteiger partial charge in [0, 0.05) is 17.0 Å². The third kappa shape index (κ3) is 3.88. The molecule has 0 saturated heterocycles. The number of amidine groups is 1. The second kappa shape index (κ2) is 7.92. The zero-order valence-electron chi connectivity index (χ0n) is 15.0. The van der Waals surface area contributed by atoms with Crippen LogP contribution in [0.2, 0.25) is 0 Å². The Labute approximate surface area is 162 Å². The molecule has 0 radical (unpaired) electrons. The van der Waals surface area contributed by atoms with Gasteiger partial charge in [-0.25, -0.2) is 0 Å². The van der Waals surface area contributed by atoms with E-state index in [-0.39, 0.29) is 12.3 Å². The fourth-order valence-electron chi connectivity index (χ4n) is 2.97. The lowest BCUT2D eigenvalue weighted by atomic mass is 10.1. The second-order valence-corrected chi connectivity index (χ2v) is 7.14. The molecule has 0 unspecified atom stereocenters. The molecule has 0 N–H and O–H groups in total. The molecule has 4 rings (SSSR count). The van der Waals surface area contributed by atoms with Crippen LogP contribution in [0.4, 0.5) is 5.69 Å². The summed E-state index contributed by atoms with van der Waals surface area (Å²) in [6, 6.07) is 13.0. The monoisotopic (exact) mass is 384 g/mol. The van der Waals surface area contributed by atoms with Crippen LogP contribution in [0.5, 0.6) is 17.2 Å². The van der Waals surface area contributed by atoms with E-state index < -0.39 is 0 Å². The molecular formula is C20H20N2O4S. The van der Waals surface area contributed by atoms with Crippen molar-refractivity contribution in [3.05, 3.63) is 48.0 Å². The Hall–Kier alpha value is -2.67. The Morgan fingerprint density at radius 1 is 1.15 bits per heavy atom. The number of ether oxygens (including phenoxy) is 3. The number of aliphatic imine (C=N–C) groups is 1. The molecule has 0 spiro atoms. The van der Waals surface area contributed by atoms with Crippen LogP contribution in [0.15, 0.2) is 47.5 Å². The number of hydrogen-bond acceptors (Lipinski definition) is 7. The molecule has 7 heteroatoms. The minimum absolute atomic E-state index is 0.00186. The molecule has 0 aromatic heterocycles. The first-order valence-electron chi connectivity index (χ1n) is 8.76. The van der Waals surface area contributed by atoms with Crippen molar-refractivity contribution >= 4 is 28.4 Å². The SMILES string of the molecule is COc1ccc(N(CC(=O)c2ccc3c(c2)OCCO3)C2=NCCS2)cc1. The van der Waals surface area contributed by atoms with Crippen molar-refractivity contribution in [3.8, 4) is 17.2 Å². The highest BCUT2D eigenvalue weighted by Gasteiger charge is 2.22. The highest BCUT2D eigenvalue weighted by Crippen LogP contribution is 2.31. The van der Waals surface area contributed by atoms with Crippen LogP contribution in [-0.4, -0.2) is 50.1 Å². The van der Waals surface area contributed by atoms with Gasteiger partial charge in [0.05, 0.1) is 20.2 Å². The molecule has 0 saturated carbocycles. The number of rotatable bonds is 5. The molecule has 140 valence electrons. The molecule has 6 nitrogen and oxygen atoms in total. The van der Waals surface area contributed by atoms with E-state index in [9.17, 15) is 4.79 Å². The number of Topliss-reactive ketones (excluding diaryl/α,β-unsaturated/α-hetero) is 1. The fraction of sp³-hybridized carbons (Fsp3) is 0.300. The van der Waals surface area contributed by atoms with E-state index in [0.29, 0.717) is 30.3 Å². The summed E-state index contributed by atoms with van der Waals surface area (Å²) in [6.45, 7) is 2.00. The molecule has 0 atom stereocenters. The molecule has 0 aliphatic carbocycles. The van der Waals surface area contributed by atoms with Crippen molar-refractivity contribution in [2.24, 2.45) is 4.99 Å². The van der Waals surface area contributed by atoms with E-state index >= 15 is 0 Å². The third-order valence-corrected chi connectivity index (χ3v) is 5.34. The Bertz CT molecular complexity index is 867. The average molecular weight is 384 g/mol. The summed E-state index contributed by atoms with van der Waals surface area (Å²) in [4.78, 5) is 19.5. The van der Waals surface area contributed by atoms with Gasteiger partial charge in [-0.05, 0) is 42.5 Å². The van der Waals surface area contributed by atoms with Crippen LogP contribution < -0.4 is 19.1 Å². The van der Waals surface area contributed by atoms with Crippen molar-refractivity contribution in [1.29, 1.82) is 0 Å². The van der Waals surface area contributed by atoms with E-state index in [4.69, 9.17) is 14.2 Å². The van der Waals surface area contributed by atoms with E-state index in [2.05, 4.69) is 4.99 Å². The quantitative estimate of drug-likeness (QED) is 0.738. The summed E-state index contributed by atoms with van der Waals surface area (Å²) >= 11 is 1.66. The summed E-state index contributed by atoms with van der Waals surface area (Å²) in [5.74, 6) is 3.01. The first-order chi connectivity index (χ1) is 13.2. The number of anilines is 1. The van der Waals surface area contributed by atoms with Crippen LogP contribution in [0.25, 0.3) is 0 Å². The van der Waals surface area contributed by atoms with E-state index in [1.165, 1.54) is 0 Å². The van der Waals surface area contributed by atoms with Crippen LogP contribution in [0, 0.1) is 0 Å². The van der Waals surface area contributed by atoms with Crippen LogP contribution in [0.1, 0.15) is 10.4 Å². The zero-order valence-corrected chi connectivity index (χ0v) is 15.8. The van der Waals surface area contributed by atoms with Gasteiger partial charge in [0.15, 0.2) is 22.4 Å². The van der Waals surface area contributed by atoms with Crippen molar-refractivity contribution in [1.82, 2.24) is 0 Å². The highest BCUT2D eigenvalue weighted by atomic mass is 32.2. The molecule has 2 heterocycles. The molecule has 2 aliphatic heterocycles. The summed E-state index contributed by atoms with van der Waals surface area (Å²) in [5.41, 5.74) is 1.51. The van der Waals surface area contributed by atoms with Crippen LogP contribution in [0.3, 0.4) is 0 Å². The summed E-state index contributed by atoms with van der Waals surface area (Å²) in [7, 11) is 1.63. The number of nitrogens with zero attached hydrogens (tertiary/aromatic N) is 2. The molecule has 2 aromatic carbocycles. The number of ketones is 1. The Morgan fingerprint density at radius 2 is 1.93 bits per heavy atom. The van der Waals surface area contributed by atoms with Gasteiger partial charge in [-0.1, -0.05) is 11.8 Å². The normalized spacial score (nSPS) is 15.2. The second-order valence-electron chi connectivity index (χ2n) is 6.08. The zero-order chi connectivity index (χ0) is 18.6. The van der Waals surface area contributed by atoms with Gasteiger partial charge in [-0.15, -0.1) is 0 Å². The van der Waals surface area contributed by atoms with Crippen molar-refractivity contribution in [2.75, 3.05) is 44.1 Å². The molecule has 27 heavy (non-hydrogen) atoms. The first kappa shape index (κ1) is 17.7. The minimum atomic E-state index is -0.00186. The van der Waals surface area contributed by atoms with Gasteiger partial charge in [-0.3, -0.25) is 9.79 Å². The number of fused-ring (bicyclic) bond motifs is 1.